The molecule has 0 amide bonds. The molecule has 1 saturated heterocycles. The molecule has 0 radical (unpaired) electrons. The second kappa shape index (κ2) is 6.99. The van der Waals surface area contributed by atoms with Gasteiger partial charge in [-0.2, -0.15) is 0 Å². The van der Waals surface area contributed by atoms with Crippen molar-refractivity contribution < 1.29 is 4.74 Å². The summed E-state index contributed by atoms with van der Waals surface area (Å²) < 4.78 is 7.42. The molecular weight excluding hydrogens is 276 g/mol. The van der Waals surface area contributed by atoms with Gasteiger partial charge in [0, 0.05) is 52.1 Å². The van der Waals surface area contributed by atoms with Gasteiger partial charge in [-0.25, -0.2) is 0 Å². The molecule has 1 aliphatic heterocycles. The lowest BCUT2D eigenvalue weighted by atomic mass is 10.1. The third-order valence-electron chi connectivity index (χ3n) is 3.62. The van der Waals surface area contributed by atoms with Crippen LogP contribution in [0.25, 0.3) is 0 Å². The van der Waals surface area contributed by atoms with E-state index in [-0.39, 0.29) is 0 Å². The van der Waals surface area contributed by atoms with Gasteiger partial charge in [-0.1, -0.05) is 11.6 Å². The van der Waals surface area contributed by atoms with E-state index in [0.717, 1.165) is 49.4 Å². The zero-order chi connectivity index (χ0) is 14.5. The summed E-state index contributed by atoms with van der Waals surface area (Å²) in [5, 5.41) is 4.18. The standard InChI is InChI=1S/C14H23ClN4O/c1-16-14(17-7-11-4-5-20-10-11)19(3)9-13-6-12(15)8-18(13)2/h6,8,11H,4-5,7,9-10H2,1-3H3,(H,16,17). The summed E-state index contributed by atoms with van der Waals surface area (Å²) >= 11 is 6.01. The minimum absolute atomic E-state index is 0.588. The van der Waals surface area contributed by atoms with Crippen LogP contribution in [-0.2, 0) is 18.3 Å². The molecule has 6 heteroatoms. The number of nitrogens with zero attached hydrogens (tertiary/aromatic N) is 3. The Balaban J connectivity index is 1.88. The molecule has 5 nitrogen and oxygen atoms in total. The third-order valence-corrected chi connectivity index (χ3v) is 3.83. The Labute approximate surface area is 125 Å². The Kier molecular flexibility index (Phi) is 5.31. The van der Waals surface area contributed by atoms with Crippen LogP contribution in [0.3, 0.4) is 0 Å². The highest BCUT2D eigenvalue weighted by Gasteiger charge is 2.17. The van der Waals surface area contributed by atoms with E-state index in [2.05, 4.69) is 15.2 Å². The van der Waals surface area contributed by atoms with Gasteiger partial charge >= 0.3 is 0 Å². The molecule has 2 heterocycles. The van der Waals surface area contributed by atoms with Crippen LogP contribution >= 0.6 is 11.6 Å². The summed E-state index contributed by atoms with van der Waals surface area (Å²) in [5.41, 5.74) is 1.16. The normalized spacial score (nSPS) is 19.4. The number of nitrogens with one attached hydrogen (secondary N) is 1. The Morgan fingerprint density at radius 1 is 1.65 bits per heavy atom. The second-order valence-corrected chi connectivity index (χ2v) is 5.71. The molecule has 20 heavy (non-hydrogen) atoms. The number of ether oxygens (including phenoxy) is 1. The molecule has 0 bridgehead atoms. The summed E-state index contributed by atoms with van der Waals surface area (Å²) in [5.74, 6) is 1.49. The zero-order valence-electron chi connectivity index (χ0n) is 12.4. The first-order valence-electron chi connectivity index (χ1n) is 6.90. The highest BCUT2D eigenvalue weighted by Crippen LogP contribution is 2.14. The van der Waals surface area contributed by atoms with Crippen LogP contribution in [0.4, 0.5) is 0 Å². The maximum Gasteiger partial charge on any atom is 0.193 e. The van der Waals surface area contributed by atoms with Crippen LogP contribution in [0.15, 0.2) is 17.3 Å². The minimum atomic E-state index is 0.588. The van der Waals surface area contributed by atoms with Crippen molar-refractivity contribution in [2.24, 2.45) is 18.0 Å². The maximum absolute atomic E-state index is 6.01. The van der Waals surface area contributed by atoms with E-state index < -0.39 is 0 Å². The van der Waals surface area contributed by atoms with Gasteiger partial charge in [-0.05, 0) is 12.5 Å². The van der Waals surface area contributed by atoms with E-state index in [0.29, 0.717) is 5.92 Å². The molecule has 1 aromatic heterocycles. The summed E-state index contributed by atoms with van der Waals surface area (Å²) in [4.78, 5) is 6.43. The Bertz CT molecular complexity index is 466. The lowest BCUT2D eigenvalue weighted by Gasteiger charge is -2.23. The van der Waals surface area contributed by atoms with E-state index in [1.165, 1.54) is 0 Å². The van der Waals surface area contributed by atoms with E-state index in [4.69, 9.17) is 16.3 Å². The summed E-state index contributed by atoms with van der Waals surface area (Å²) in [6, 6.07) is 1.98. The zero-order valence-corrected chi connectivity index (χ0v) is 13.2. The first kappa shape index (κ1) is 15.2. The smallest absolute Gasteiger partial charge is 0.193 e. The molecule has 112 valence electrons. The van der Waals surface area contributed by atoms with Crippen molar-refractivity contribution in [1.82, 2.24) is 14.8 Å². The molecule has 1 unspecified atom stereocenters. The number of aromatic nitrogens is 1. The predicted octanol–water partition coefficient (Wildman–Crippen LogP) is 1.72. The average molecular weight is 299 g/mol. The Morgan fingerprint density at radius 2 is 2.45 bits per heavy atom. The van der Waals surface area contributed by atoms with Crippen molar-refractivity contribution in [3.05, 3.63) is 23.0 Å². The number of guanidine groups is 1. The number of halogens is 1. The fourth-order valence-corrected chi connectivity index (χ4v) is 2.68. The summed E-state index contributed by atoms with van der Waals surface area (Å²) in [6.07, 6.45) is 3.04. The number of rotatable bonds is 4. The van der Waals surface area contributed by atoms with Crippen molar-refractivity contribution in [3.63, 3.8) is 0 Å². The molecule has 0 aromatic carbocycles. The Morgan fingerprint density at radius 3 is 3.00 bits per heavy atom. The van der Waals surface area contributed by atoms with Crippen molar-refractivity contribution in [2.45, 2.75) is 13.0 Å². The van der Waals surface area contributed by atoms with Gasteiger partial charge in [-0.3, -0.25) is 4.99 Å². The quantitative estimate of drug-likeness (QED) is 0.680. The first-order valence-corrected chi connectivity index (χ1v) is 7.28. The van der Waals surface area contributed by atoms with E-state index >= 15 is 0 Å². The monoisotopic (exact) mass is 298 g/mol. The number of aryl methyl sites for hydroxylation is 1. The van der Waals surface area contributed by atoms with Gasteiger partial charge in [-0.15, -0.1) is 0 Å². The fourth-order valence-electron chi connectivity index (χ4n) is 2.41. The van der Waals surface area contributed by atoms with Crippen LogP contribution in [-0.4, -0.2) is 49.3 Å². The van der Waals surface area contributed by atoms with E-state index in [1.54, 1.807) is 0 Å². The van der Waals surface area contributed by atoms with Crippen molar-refractivity contribution >= 4 is 17.6 Å². The summed E-state index contributed by atoms with van der Waals surface area (Å²) in [6.45, 7) is 3.40. The van der Waals surface area contributed by atoms with Gasteiger partial charge in [0.1, 0.15) is 0 Å². The van der Waals surface area contributed by atoms with Gasteiger partial charge in [0.05, 0.1) is 18.2 Å². The fraction of sp³-hybridized carbons (Fsp3) is 0.643. The molecule has 1 fully saturated rings. The summed E-state index contributed by atoms with van der Waals surface area (Å²) in [7, 11) is 5.84. The van der Waals surface area contributed by atoms with Crippen molar-refractivity contribution in [3.8, 4) is 0 Å². The van der Waals surface area contributed by atoms with Crippen molar-refractivity contribution in [2.75, 3.05) is 33.9 Å². The largest absolute Gasteiger partial charge is 0.381 e. The lowest BCUT2D eigenvalue weighted by Crippen LogP contribution is -2.41. The van der Waals surface area contributed by atoms with Crippen LogP contribution in [0.1, 0.15) is 12.1 Å². The minimum Gasteiger partial charge on any atom is -0.381 e. The SMILES string of the molecule is CN=C(NCC1CCOC1)N(C)Cc1cc(Cl)cn1C. The molecule has 0 spiro atoms. The number of aliphatic imine (C=N–C) groups is 1. The molecule has 1 atom stereocenters. The molecule has 0 saturated carbocycles. The van der Waals surface area contributed by atoms with Crippen LogP contribution in [0, 0.1) is 5.92 Å². The topological polar surface area (TPSA) is 41.8 Å². The van der Waals surface area contributed by atoms with Gasteiger partial charge in [0.2, 0.25) is 0 Å². The third kappa shape index (κ3) is 3.90. The number of hydrogen-bond acceptors (Lipinski definition) is 2. The second-order valence-electron chi connectivity index (χ2n) is 5.27. The van der Waals surface area contributed by atoms with E-state index in [9.17, 15) is 0 Å². The molecule has 1 aliphatic rings. The van der Waals surface area contributed by atoms with Crippen LogP contribution < -0.4 is 5.32 Å². The van der Waals surface area contributed by atoms with Gasteiger partial charge in [0.25, 0.3) is 0 Å². The predicted molar refractivity (Wildman–Crippen MR) is 82.2 cm³/mol. The highest BCUT2D eigenvalue weighted by molar-refractivity contribution is 6.30. The van der Waals surface area contributed by atoms with Crippen molar-refractivity contribution in [1.29, 1.82) is 0 Å². The molecule has 0 aliphatic carbocycles. The van der Waals surface area contributed by atoms with Crippen LogP contribution in [0.2, 0.25) is 5.02 Å². The molecule has 2 rings (SSSR count). The first-order chi connectivity index (χ1) is 9.60. The Hall–Kier alpha value is -1.20. The highest BCUT2D eigenvalue weighted by atomic mass is 35.5. The lowest BCUT2D eigenvalue weighted by molar-refractivity contribution is 0.186. The average Bonchev–Trinajstić information content (AvgIpc) is 3.01. The van der Waals surface area contributed by atoms with Crippen LogP contribution in [0.5, 0.6) is 0 Å². The van der Waals surface area contributed by atoms with Gasteiger partial charge in [0.15, 0.2) is 5.96 Å². The number of hydrogen-bond donors (Lipinski definition) is 1. The molecule has 1 aromatic rings. The molecule has 1 N–H and O–H groups in total. The van der Waals surface area contributed by atoms with E-state index in [1.807, 2.05) is 38.0 Å². The van der Waals surface area contributed by atoms with Gasteiger partial charge < -0.3 is 19.5 Å². The maximum atomic E-state index is 6.01. The molecular formula is C14H23ClN4O.